The van der Waals surface area contributed by atoms with Crippen molar-refractivity contribution >= 4 is 11.8 Å². The number of hydrogen-bond donors (Lipinski definition) is 2. The van der Waals surface area contributed by atoms with Crippen LogP contribution < -0.4 is 0 Å². The number of phenolic OH excluding ortho intramolecular Hbond substituents is 1. The lowest BCUT2D eigenvalue weighted by atomic mass is 9.85. The molecule has 0 bridgehead atoms. The average molecular weight is 476 g/mol. The largest absolute Gasteiger partial charge is 0.508 e. The Hall–Kier alpha value is -3.44. The lowest BCUT2D eigenvalue weighted by Crippen LogP contribution is -2.24. The predicted molar refractivity (Wildman–Crippen MR) is 141 cm³/mol. The van der Waals surface area contributed by atoms with Crippen molar-refractivity contribution in [1.82, 2.24) is 4.90 Å². The number of aliphatic carboxylic acids is 1. The van der Waals surface area contributed by atoms with Crippen LogP contribution in [0.25, 0.3) is 0 Å². The summed E-state index contributed by atoms with van der Waals surface area (Å²) in [7, 11) is 4.21. The zero-order valence-corrected chi connectivity index (χ0v) is 21.3. The molecular weight excluding hydrogens is 438 g/mol. The number of aromatic hydroxyl groups is 1. The molecule has 3 rings (SSSR count). The van der Waals surface area contributed by atoms with E-state index in [1.54, 1.807) is 61.5 Å². The number of rotatable bonds is 9. The molecule has 0 radical (unpaired) electrons. The molecular formula is C30H37NO4. The van der Waals surface area contributed by atoms with E-state index in [1.165, 1.54) is 5.56 Å². The van der Waals surface area contributed by atoms with Crippen LogP contribution in [0.2, 0.25) is 0 Å². The number of nitrogens with zero attached hydrogens (tertiary/aromatic N) is 1. The van der Waals surface area contributed by atoms with E-state index in [0.717, 1.165) is 13.0 Å². The van der Waals surface area contributed by atoms with E-state index in [0.29, 0.717) is 34.3 Å². The van der Waals surface area contributed by atoms with Gasteiger partial charge >= 0.3 is 5.97 Å². The highest BCUT2D eigenvalue weighted by Crippen LogP contribution is 2.30. The van der Waals surface area contributed by atoms with E-state index in [2.05, 4.69) is 38.9 Å². The first-order chi connectivity index (χ1) is 16.6. The standard InChI is InChI=1S/C16H14O3.C14H23NO/c1-11(16(18)19)13-8-5-9-14(10-13)15(17)12-6-3-2-4-7-12;1-5-14(11(2)10-15(3)4)12-7-6-8-13(16)9-12/h2-11H,1H3,(H,18,19);6-9,11,14,16H,5,10H2,1-4H3/t;11-,14+/m.0/s1. The summed E-state index contributed by atoms with van der Waals surface area (Å²) in [6, 6.07) is 23.4. The molecule has 1 unspecified atom stereocenters. The van der Waals surface area contributed by atoms with Crippen LogP contribution in [0.5, 0.6) is 5.75 Å². The zero-order valence-electron chi connectivity index (χ0n) is 21.3. The molecule has 2 N–H and O–H groups in total. The molecule has 0 aliphatic rings. The molecule has 0 fully saturated rings. The van der Waals surface area contributed by atoms with Crippen LogP contribution in [0.4, 0.5) is 0 Å². The smallest absolute Gasteiger partial charge is 0.310 e. The summed E-state index contributed by atoms with van der Waals surface area (Å²) in [6.45, 7) is 7.17. The molecule has 35 heavy (non-hydrogen) atoms. The summed E-state index contributed by atoms with van der Waals surface area (Å²) in [5, 5.41) is 18.5. The minimum atomic E-state index is -0.899. The Labute approximate surface area is 209 Å². The fraction of sp³-hybridized carbons (Fsp3) is 0.333. The Balaban J connectivity index is 0.000000251. The first kappa shape index (κ1) is 27.8. The number of benzene rings is 3. The second-order valence-electron chi connectivity index (χ2n) is 9.23. The molecule has 3 atom stereocenters. The Morgan fingerprint density at radius 3 is 2.00 bits per heavy atom. The van der Waals surface area contributed by atoms with Gasteiger partial charge in [0, 0.05) is 17.7 Å². The van der Waals surface area contributed by atoms with Gasteiger partial charge in [0.05, 0.1) is 5.92 Å². The van der Waals surface area contributed by atoms with Crippen LogP contribution in [-0.2, 0) is 4.79 Å². The second kappa shape index (κ2) is 13.4. The van der Waals surface area contributed by atoms with Crippen molar-refractivity contribution in [2.75, 3.05) is 20.6 Å². The van der Waals surface area contributed by atoms with Gasteiger partial charge in [-0.2, -0.15) is 0 Å². The second-order valence-corrected chi connectivity index (χ2v) is 9.23. The monoisotopic (exact) mass is 475 g/mol. The number of carbonyl (C=O) groups is 2. The summed E-state index contributed by atoms with van der Waals surface area (Å²) in [4.78, 5) is 25.4. The summed E-state index contributed by atoms with van der Waals surface area (Å²) in [5.41, 5.74) is 2.99. The number of ketones is 1. The van der Waals surface area contributed by atoms with E-state index >= 15 is 0 Å². The molecule has 0 heterocycles. The molecule has 186 valence electrons. The van der Waals surface area contributed by atoms with Gasteiger partial charge in [-0.1, -0.05) is 74.5 Å². The lowest BCUT2D eigenvalue weighted by molar-refractivity contribution is -0.138. The summed E-state index contributed by atoms with van der Waals surface area (Å²) >= 11 is 0. The molecule has 0 saturated heterocycles. The molecule has 0 aromatic heterocycles. The highest BCUT2D eigenvalue weighted by Gasteiger charge is 2.18. The van der Waals surface area contributed by atoms with Gasteiger partial charge in [-0.25, -0.2) is 0 Å². The molecule has 5 heteroatoms. The topological polar surface area (TPSA) is 77.8 Å². The number of carboxylic acid groups (broad SMARTS) is 1. The zero-order chi connectivity index (χ0) is 26.0. The van der Waals surface area contributed by atoms with Crippen molar-refractivity contribution in [2.24, 2.45) is 5.92 Å². The quantitative estimate of drug-likeness (QED) is 0.361. The Kier molecular flexibility index (Phi) is 10.7. The van der Waals surface area contributed by atoms with Crippen LogP contribution in [-0.4, -0.2) is 47.5 Å². The minimum absolute atomic E-state index is 0.0972. The lowest BCUT2D eigenvalue weighted by Gasteiger charge is -2.26. The van der Waals surface area contributed by atoms with Crippen molar-refractivity contribution < 1.29 is 19.8 Å². The number of hydrogen-bond acceptors (Lipinski definition) is 4. The van der Waals surface area contributed by atoms with Gasteiger partial charge in [-0.3, -0.25) is 9.59 Å². The molecule has 3 aromatic rings. The maximum atomic E-state index is 12.2. The fourth-order valence-corrected chi connectivity index (χ4v) is 4.27. The maximum Gasteiger partial charge on any atom is 0.310 e. The van der Waals surface area contributed by atoms with Crippen molar-refractivity contribution in [3.63, 3.8) is 0 Å². The van der Waals surface area contributed by atoms with Crippen LogP contribution in [0.3, 0.4) is 0 Å². The third kappa shape index (κ3) is 8.37. The summed E-state index contributed by atoms with van der Waals surface area (Å²) in [5.74, 6) is -0.128. The van der Waals surface area contributed by atoms with Crippen molar-refractivity contribution in [1.29, 1.82) is 0 Å². The SMILES string of the molecule is CC(C(=O)O)c1cccc(C(=O)c2ccccc2)c1.CC[C@@H](c1cccc(O)c1)[C@@H](C)CN(C)C. The molecule has 0 amide bonds. The highest BCUT2D eigenvalue weighted by atomic mass is 16.4. The van der Waals surface area contributed by atoms with E-state index in [9.17, 15) is 14.7 Å². The molecule has 0 spiro atoms. The highest BCUT2D eigenvalue weighted by molar-refractivity contribution is 6.09. The minimum Gasteiger partial charge on any atom is -0.508 e. The first-order valence-electron chi connectivity index (χ1n) is 12.0. The summed E-state index contributed by atoms with van der Waals surface area (Å²) in [6.07, 6.45) is 1.11. The third-order valence-corrected chi connectivity index (χ3v) is 6.13. The molecule has 0 aliphatic heterocycles. The molecule has 5 nitrogen and oxygen atoms in total. The van der Waals surface area contributed by atoms with Gasteiger partial charge in [-0.05, 0) is 68.6 Å². The van der Waals surface area contributed by atoms with Crippen molar-refractivity contribution in [2.45, 2.75) is 39.0 Å². The number of phenols is 1. The Morgan fingerprint density at radius 1 is 0.829 bits per heavy atom. The van der Waals surface area contributed by atoms with Gasteiger partial charge in [0.15, 0.2) is 5.78 Å². The van der Waals surface area contributed by atoms with Crippen LogP contribution in [0, 0.1) is 5.92 Å². The van der Waals surface area contributed by atoms with Gasteiger partial charge in [0.2, 0.25) is 0 Å². The Bertz CT molecular complexity index is 1090. The molecule has 0 aliphatic carbocycles. The number of carboxylic acids is 1. The third-order valence-electron chi connectivity index (χ3n) is 6.13. The normalized spacial score (nSPS) is 13.3. The van der Waals surface area contributed by atoms with E-state index in [1.807, 2.05) is 18.2 Å². The predicted octanol–water partition coefficient (Wildman–Crippen LogP) is 6.19. The van der Waals surface area contributed by atoms with Crippen LogP contribution in [0.1, 0.15) is 66.1 Å². The summed E-state index contributed by atoms with van der Waals surface area (Å²) < 4.78 is 0. The Morgan fingerprint density at radius 2 is 1.43 bits per heavy atom. The van der Waals surface area contributed by atoms with Gasteiger partial charge in [-0.15, -0.1) is 0 Å². The van der Waals surface area contributed by atoms with Crippen LogP contribution in [0.15, 0.2) is 78.9 Å². The maximum absolute atomic E-state index is 12.2. The van der Waals surface area contributed by atoms with Gasteiger partial charge in [0.1, 0.15) is 5.75 Å². The van der Waals surface area contributed by atoms with E-state index < -0.39 is 11.9 Å². The van der Waals surface area contributed by atoms with Crippen molar-refractivity contribution in [3.8, 4) is 5.75 Å². The first-order valence-corrected chi connectivity index (χ1v) is 12.0. The fourth-order valence-electron chi connectivity index (χ4n) is 4.27. The van der Waals surface area contributed by atoms with Gasteiger partial charge in [0.25, 0.3) is 0 Å². The van der Waals surface area contributed by atoms with E-state index in [-0.39, 0.29) is 5.78 Å². The molecule has 0 saturated carbocycles. The van der Waals surface area contributed by atoms with E-state index in [4.69, 9.17) is 5.11 Å². The van der Waals surface area contributed by atoms with Gasteiger partial charge < -0.3 is 15.1 Å². The van der Waals surface area contributed by atoms with Crippen molar-refractivity contribution in [3.05, 3.63) is 101 Å². The molecule has 3 aromatic carbocycles. The number of carbonyl (C=O) groups excluding carboxylic acids is 1. The average Bonchev–Trinajstić information content (AvgIpc) is 2.84. The van der Waals surface area contributed by atoms with Crippen LogP contribution >= 0.6 is 0 Å².